The van der Waals surface area contributed by atoms with E-state index >= 15 is 0 Å². The Kier molecular flexibility index (Phi) is 17.6. The summed E-state index contributed by atoms with van der Waals surface area (Å²) in [7, 11) is 0. The van der Waals surface area contributed by atoms with E-state index in [1.165, 1.54) is 98.8 Å². The van der Waals surface area contributed by atoms with Crippen molar-refractivity contribution in [2.24, 2.45) is 4.40 Å². The fraction of sp³-hybridized carbons (Fsp3) is 0.0357. The molecule has 8 heteroatoms. The number of nitrogens with zero attached hydrogens (tertiary/aromatic N) is 6. The lowest BCUT2D eigenvalue weighted by molar-refractivity contribution is 1.13. The van der Waals surface area contributed by atoms with Gasteiger partial charge in [-0.3, -0.25) is 5.41 Å². The molecule has 0 saturated heterocycles. The van der Waals surface area contributed by atoms with Crippen LogP contribution in [-0.2, 0) is 12.8 Å². The zero-order valence-electron chi connectivity index (χ0n) is 66.2. The summed E-state index contributed by atoms with van der Waals surface area (Å²) >= 11 is 4.66. The lowest BCUT2D eigenvalue weighted by atomic mass is 9.91. The Bertz CT molecular complexity index is 7370. The van der Waals surface area contributed by atoms with E-state index in [1.54, 1.807) is 0 Å². The monoisotopic (exact) mass is 1550 g/mol. The molecule has 4 aromatic heterocycles. The number of aryl methyl sites for hydroxylation is 2. The molecule has 0 saturated carbocycles. The zero-order chi connectivity index (χ0) is 80.1. The lowest BCUT2D eigenvalue weighted by Crippen LogP contribution is -2.30. The quantitative estimate of drug-likeness (QED) is 0.0735. The van der Waals surface area contributed by atoms with Crippen molar-refractivity contribution >= 4 is 128 Å². The second-order valence-electron chi connectivity index (χ2n) is 31.4. The van der Waals surface area contributed by atoms with Crippen LogP contribution in [0, 0.1) is 5.41 Å². The minimum absolute atomic E-state index is 0.283. The maximum absolute atomic E-state index is 10.0. The number of fused-ring (bicyclic) bond motifs is 12. The van der Waals surface area contributed by atoms with E-state index in [1.807, 2.05) is 6.07 Å². The van der Waals surface area contributed by atoms with Gasteiger partial charge in [-0.05, 0) is 267 Å². The van der Waals surface area contributed by atoms with Crippen LogP contribution in [0.25, 0.3) is 182 Å². The summed E-state index contributed by atoms with van der Waals surface area (Å²) in [5, 5.41) is 19.8. The highest BCUT2D eigenvalue weighted by molar-refractivity contribution is 7.79. The smallest absolute Gasteiger partial charge is 0.121 e. The number of anilines is 2. The van der Waals surface area contributed by atoms with E-state index in [-0.39, 0.29) is 5.71 Å². The number of benzene rings is 17. The Morgan fingerprint density at radius 2 is 0.542 bits per heavy atom. The zero-order valence-corrected chi connectivity index (χ0v) is 67.1. The summed E-state index contributed by atoms with van der Waals surface area (Å²) in [6, 6.07) is 144. The fourth-order valence-corrected chi connectivity index (χ4v) is 18.8. The molecule has 7 nitrogen and oxygen atoms in total. The molecule has 4 heterocycles. The number of para-hydroxylation sites is 3. The van der Waals surface area contributed by atoms with Gasteiger partial charge in [0, 0.05) is 82.8 Å². The van der Waals surface area contributed by atoms with Crippen LogP contribution < -0.4 is 4.90 Å². The second kappa shape index (κ2) is 29.6. The molecule has 21 aromatic rings. The predicted octanol–water partition coefficient (Wildman–Crippen LogP) is 29.6. The van der Waals surface area contributed by atoms with Crippen molar-refractivity contribution < 1.29 is 0 Å². The third-order valence-electron chi connectivity index (χ3n) is 24.7. The van der Waals surface area contributed by atoms with Gasteiger partial charge in [0.25, 0.3) is 0 Å². The molecule has 1 aliphatic carbocycles. The Labute approximate surface area is 701 Å². The van der Waals surface area contributed by atoms with Gasteiger partial charge in [-0.25, -0.2) is 4.40 Å². The standard InChI is InChI=1S/C112H79N7S/c1-3-72-28-61-104-98(66-72)99-67-73(4-2)29-62-105(99)117(104)92-56-54-88(55-57-92)115(87-22-12-7-13-23-87)108-65-60-93(111(113)112(108)114-120)82-42-52-89(53-43-82)116-106-63-46-83(78-30-34-80(35-31-78)85-44-58-96-94-24-14-16-26-102(94)118(109(96)70-85)90-48-38-76(39-49-90)74-18-8-5-9-19-74)68-100(106)101-69-84(47-64-107(101)116)79-32-36-81(37-33-79)86-45-59-97-95-25-15-17-27-103(95)119(110(97)71-86)91-50-40-77(41-51-91)75-20-10-6-11-21-75/h5-71,113,120H,3-4H2,1-2H3. The van der Waals surface area contributed by atoms with Crippen LogP contribution >= 0.6 is 12.8 Å². The molecular weight excluding hydrogens is 1480 g/mol. The first kappa shape index (κ1) is 71.5. The van der Waals surface area contributed by atoms with E-state index in [0.717, 1.165) is 130 Å². The summed E-state index contributed by atoms with van der Waals surface area (Å²) in [4.78, 5) is 2.18. The van der Waals surface area contributed by atoms with Crippen molar-refractivity contribution in [1.29, 1.82) is 5.41 Å². The maximum atomic E-state index is 10.0. The molecule has 120 heavy (non-hydrogen) atoms. The van der Waals surface area contributed by atoms with E-state index < -0.39 is 0 Å². The number of thiol groups is 1. The van der Waals surface area contributed by atoms with Crippen LogP contribution in [0.3, 0.4) is 0 Å². The third kappa shape index (κ3) is 12.2. The van der Waals surface area contributed by atoms with Crippen molar-refractivity contribution in [3.05, 3.63) is 429 Å². The molecule has 0 spiro atoms. The average Bonchev–Trinajstić information content (AvgIpc) is 1.59. The van der Waals surface area contributed by atoms with Gasteiger partial charge in [0.05, 0.1) is 55.5 Å². The van der Waals surface area contributed by atoms with Crippen molar-refractivity contribution in [1.82, 2.24) is 18.3 Å². The van der Waals surface area contributed by atoms with Crippen molar-refractivity contribution in [3.8, 4) is 89.5 Å². The van der Waals surface area contributed by atoms with Crippen LogP contribution in [0.1, 0.15) is 30.5 Å². The summed E-state index contributed by atoms with van der Waals surface area (Å²) < 4.78 is 14.2. The highest BCUT2D eigenvalue weighted by Crippen LogP contribution is 2.44. The molecule has 17 aromatic carbocycles. The topological polar surface area (TPSA) is 59.2 Å². The number of nitrogens with one attached hydrogen (secondary N) is 1. The van der Waals surface area contributed by atoms with Crippen LogP contribution in [0.15, 0.2) is 417 Å². The average molecular weight is 1550 g/mol. The summed E-state index contributed by atoms with van der Waals surface area (Å²) in [5.74, 6) is 0. The molecule has 0 aliphatic heterocycles. The molecule has 568 valence electrons. The normalized spacial score (nSPS) is 12.8. The maximum Gasteiger partial charge on any atom is 0.121 e. The highest BCUT2D eigenvalue weighted by Gasteiger charge is 2.29. The Balaban J connectivity index is 0.612. The lowest BCUT2D eigenvalue weighted by Gasteiger charge is -2.31. The van der Waals surface area contributed by atoms with Gasteiger partial charge in [-0.2, -0.15) is 0 Å². The van der Waals surface area contributed by atoms with Crippen LogP contribution in [0.5, 0.6) is 0 Å². The van der Waals surface area contributed by atoms with Gasteiger partial charge in [-0.1, -0.05) is 263 Å². The molecule has 0 atom stereocenters. The van der Waals surface area contributed by atoms with Crippen LogP contribution in [-0.4, -0.2) is 29.7 Å². The summed E-state index contributed by atoms with van der Waals surface area (Å²) in [6.45, 7) is 4.44. The summed E-state index contributed by atoms with van der Waals surface area (Å²) in [5.41, 5.74) is 35.2. The summed E-state index contributed by atoms with van der Waals surface area (Å²) in [6.07, 6.45) is 6.10. The molecule has 0 bridgehead atoms. The molecule has 0 amide bonds. The minimum Gasteiger partial charge on any atom is -0.309 e. The van der Waals surface area contributed by atoms with E-state index in [4.69, 9.17) is 0 Å². The molecule has 1 N–H and O–H groups in total. The van der Waals surface area contributed by atoms with Crippen molar-refractivity contribution in [2.45, 2.75) is 26.7 Å². The predicted molar refractivity (Wildman–Crippen MR) is 510 cm³/mol. The number of hydrogen-bond donors (Lipinski definition) is 2. The number of aromatic nitrogens is 4. The number of allylic oxidation sites excluding steroid dienone is 4. The van der Waals surface area contributed by atoms with Gasteiger partial charge < -0.3 is 23.2 Å². The van der Waals surface area contributed by atoms with Crippen molar-refractivity contribution in [3.63, 3.8) is 0 Å². The van der Waals surface area contributed by atoms with E-state index in [0.29, 0.717) is 5.71 Å². The largest absolute Gasteiger partial charge is 0.309 e. The first-order chi connectivity index (χ1) is 59.3. The Hall–Kier alpha value is -15.1. The molecule has 0 fully saturated rings. The number of hydrogen-bond acceptors (Lipinski definition) is 4. The Morgan fingerprint density at radius 3 is 0.958 bits per heavy atom. The molecule has 1 aliphatic rings. The van der Waals surface area contributed by atoms with Gasteiger partial charge in [0.2, 0.25) is 0 Å². The minimum atomic E-state index is 0.283. The second-order valence-corrected chi connectivity index (χ2v) is 31.6. The molecule has 0 unspecified atom stereocenters. The first-order valence-corrected chi connectivity index (χ1v) is 41.7. The van der Waals surface area contributed by atoms with Gasteiger partial charge in [0.15, 0.2) is 0 Å². The van der Waals surface area contributed by atoms with Gasteiger partial charge >= 0.3 is 0 Å². The van der Waals surface area contributed by atoms with Gasteiger partial charge in [-0.15, -0.1) is 0 Å². The first-order valence-electron chi connectivity index (χ1n) is 41.3. The Morgan fingerprint density at radius 1 is 0.250 bits per heavy atom. The third-order valence-corrected chi connectivity index (χ3v) is 24.9. The molecule has 22 rings (SSSR count). The SMILES string of the molecule is CCc1ccc2c(c1)c1cc(CC)ccc1n2-c1ccc(N(C2=CC=C(c3ccc(-n4c5ccc(-c6ccc(-c7ccc8c9ccccc9n(-c9ccc(-c%10ccccc%10)cc9)c8c7)cc6)cc5c5cc(-c6ccc(-c7ccc8c9ccccc9n(-c9ccc(-c%10ccccc%10)cc9)c8c7)cc6)ccc54)cc3)C(=N)C2=NS)c2ccccc2)cc1. The van der Waals surface area contributed by atoms with Gasteiger partial charge in [0.1, 0.15) is 5.71 Å². The highest BCUT2D eigenvalue weighted by atomic mass is 32.1. The van der Waals surface area contributed by atoms with Crippen molar-refractivity contribution in [2.75, 3.05) is 4.90 Å². The van der Waals surface area contributed by atoms with E-state index in [2.05, 4.69) is 455 Å². The molecular formula is C112H79N7S. The van der Waals surface area contributed by atoms with E-state index in [9.17, 15) is 5.41 Å². The molecule has 0 radical (unpaired) electrons. The number of rotatable bonds is 16. The fourth-order valence-electron chi connectivity index (χ4n) is 18.6. The van der Waals surface area contributed by atoms with Crippen LogP contribution in [0.4, 0.5) is 11.4 Å². The van der Waals surface area contributed by atoms with Crippen LogP contribution in [0.2, 0.25) is 0 Å².